The van der Waals surface area contributed by atoms with Crippen molar-refractivity contribution in [2.75, 3.05) is 25.7 Å². The number of halogens is 1. The molecule has 3 rings (SSSR count). The van der Waals surface area contributed by atoms with Crippen LogP contribution in [-0.4, -0.2) is 31.1 Å². The highest BCUT2D eigenvalue weighted by Gasteiger charge is 2.33. The molecular weight excluding hydrogens is 474 g/mol. The molecule has 5 nitrogen and oxygen atoms in total. The van der Waals surface area contributed by atoms with E-state index in [4.69, 9.17) is 32.9 Å². The molecule has 148 valence electrons. The third kappa shape index (κ3) is 4.58. The van der Waals surface area contributed by atoms with E-state index in [1.165, 1.54) is 23.8 Å². The van der Waals surface area contributed by atoms with Crippen molar-refractivity contribution in [3.05, 3.63) is 51.3 Å². The van der Waals surface area contributed by atoms with Crippen LogP contribution in [0, 0.1) is 12.3 Å². The summed E-state index contributed by atoms with van der Waals surface area (Å²) in [5.74, 6) is 3.89. The first kappa shape index (κ1) is 21.2. The molecule has 1 heterocycles. The molecule has 1 amide bonds. The van der Waals surface area contributed by atoms with Crippen molar-refractivity contribution in [1.82, 2.24) is 0 Å². The van der Waals surface area contributed by atoms with Crippen LogP contribution in [0.3, 0.4) is 0 Å². The lowest BCUT2D eigenvalue weighted by Gasteiger charge is -2.15. The predicted octanol–water partition coefficient (Wildman–Crippen LogP) is 4.88. The number of carbonyl (C=O) groups excluding carboxylic acids is 1. The Balaban J connectivity index is 1.99. The van der Waals surface area contributed by atoms with Crippen LogP contribution >= 0.6 is 39.9 Å². The molecule has 0 aromatic heterocycles. The topological polar surface area (TPSA) is 48.0 Å². The largest absolute Gasteiger partial charge is 0.497 e. The summed E-state index contributed by atoms with van der Waals surface area (Å²) < 4.78 is 17.4. The van der Waals surface area contributed by atoms with Crippen molar-refractivity contribution < 1.29 is 19.0 Å². The Morgan fingerprint density at radius 1 is 1.24 bits per heavy atom. The first-order valence-electron chi connectivity index (χ1n) is 8.34. The first-order valence-corrected chi connectivity index (χ1v) is 10.4. The summed E-state index contributed by atoms with van der Waals surface area (Å²) in [5.41, 5.74) is 1.33. The van der Waals surface area contributed by atoms with Crippen LogP contribution in [0.15, 0.2) is 45.8 Å². The molecule has 1 saturated heterocycles. The van der Waals surface area contributed by atoms with Crippen LogP contribution in [0.5, 0.6) is 17.2 Å². The fourth-order valence-electron chi connectivity index (χ4n) is 2.68. The maximum absolute atomic E-state index is 13.0. The van der Waals surface area contributed by atoms with Crippen molar-refractivity contribution >= 4 is 61.9 Å². The van der Waals surface area contributed by atoms with Gasteiger partial charge in [0.05, 0.1) is 24.8 Å². The Kier molecular flexibility index (Phi) is 6.85. The second-order valence-corrected chi connectivity index (χ2v) is 8.33. The van der Waals surface area contributed by atoms with E-state index < -0.39 is 0 Å². The quantitative estimate of drug-likeness (QED) is 0.327. The van der Waals surface area contributed by atoms with Gasteiger partial charge in [-0.2, -0.15) is 0 Å². The van der Waals surface area contributed by atoms with E-state index in [2.05, 4.69) is 21.9 Å². The van der Waals surface area contributed by atoms with Crippen molar-refractivity contribution in [2.45, 2.75) is 0 Å². The van der Waals surface area contributed by atoms with Gasteiger partial charge in [0.15, 0.2) is 15.8 Å². The number of anilines is 1. The van der Waals surface area contributed by atoms with Crippen LogP contribution in [0.4, 0.5) is 5.69 Å². The molecule has 0 aliphatic carbocycles. The number of carbonyl (C=O) groups is 1. The Hall–Kier alpha value is -2.47. The normalized spacial score (nSPS) is 14.8. The zero-order valence-corrected chi connectivity index (χ0v) is 18.8. The van der Waals surface area contributed by atoms with E-state index in [0.717, 1.165) is 4.47 Å². The number of ether oxygens (including phenoxy) is 3. The van der Waals surface area contributed by atoms with Gasteiger partial charge in [-0.05, 0) is 42.5 Å². The third-order valence-corrected chi connectivity index (χ3v) is 5.74. The van der Waals surface area contributed by atoms with E-state index in [0.29, 0.717) is 37.7 Å². The molecule has 0 bridgehead atoms. The van der Waals surface area contributed by atoms with Crippen molar-refractivity contribution in [3.63, 3.8) is 0 Å². The molecule has 1 fully saturated rings. The Bertz CT molecular complexity index is 1030. The Morgan fingerprint density at radius 3 is 2.59 bits per heavy atom. The van der Waals surface area contributed by atoms with Crippen molar-refractivity contribution in [3.8, 4) is 29.6 Å². The number of rotatable bonds is 6. The van der Waals surface area contributed by atoms with E-state index in [1.54, 1.807) is 43.5 Å². The molecule has 0 unspecified atom stereocenters. The van der Waals surface area contributed by atoms with Crippen LogP contribution in [0.1, 0.15) is 5.56 Å². The number of hydrogen-bond donors (Lipinski definition) is 0. The SMILES string of the molecule is C#CCOc1c(/C=C2\SC(=S)N(c3ccc(OC)cc3)C2=O)cc(Br)cc1OC. The van der Waals surface area contributed by atoms with Crippen LogP contribution < -0.4 is 19.1 Å². The van der Waals surface area contributed by atoms with Gasteiger partial charge in [0, 0.05) is 10.0 Å². The number of hydrogen-bond acceptors (Lipinski definition) is 6. The van der Waals surface area contributed by atoms with Gasteiger partial charge in [-0.3, -0.25) is 9.69 Å². The summed E-state index contributed by atoms with van der Waals surface area (Å²) >= 11 is 10.1. The van der Waals surface area contributed by atoms with E-state index in [1.807, 2.05) is 6.07 Å². The van der Waals surface area contributed by atoms with E-state index >= 15 is 0 Å². The molecule has 0 atom stereocenters. The van der Waals surface area contributed by atoms with Gasteiger partial charge in [0.2, 0.25) is 0 Å². The highest BCUT2D eigenvalue weighted by Crippen LogP contribution is 2.40. The average Bonchev–Trinajstić information content (AvgIpc) is 3.00. The Morgan fingerprint density at radius 2 is 1.97 bits per heavy atom. The minimum absolute atomic E-state index is 0.0750. The van der Waals surface area contributed by atoms with Crippen LogP contribution in [0.2, 0.25) is 0 Å². The van der Waals surface area contributed by atoms with E-state index in [9.17, 15) is 4.79 Å². The van der Waals surface area contributed by atoms with Gasteiger partial charge in [-0.25, -0.2) is 0 Å². The zero-order chi connectivity index (χ0) is 21.0. The number of methoxy groups -OCH3 is 2. The Labute approximate surface area is 187 Å². The van der Waals surface area contributed by atoms with Crippen molar-refractivity contribution in [1.29, 1.82) is 0 Å². The molecular formula is C21H16BrNO4S2. The molecule has 0 saturated carbocycles. The number of thioether (sulfide) groups is 1. The maximum Gasteiger partial charge on any atom is 0.270 e. The van der Waals surface area contributed by atoms with Gasteiger partial charge in [0.1, 0.15) is 12.4 Å². The summed E-state index contributed by atoms with van der Waals surface area (Å²) in [6.07, 6.45) is 7.05. The maximum atomic E-state index is 13.0. The number of thiocarbonyl (C=S) groups is 1. The zero-order valence-electron chi connectivity index (χ0n) is 15.6. The number of terminal acetylenes is 1. The molecule has 29 heavy (non-hydrogen) atoms. The summed E-state index contributed by atoms with van der Waals surface area (Å²) in [6, 6.07) is 10.7. The molecule has 1 aliphatic rings. The number of nitrogens with zero attached hydrogens (tertiary/aromatic N) is 1. The lowest BCUT2D eigenvalue weighted by Crippen LogP contribution is -2.27. The minimum Gasteiger partial charge on any atom is -0.497 e. The molecule has 2 aromatic rings. The van der Waals surface area contributed by atoms with E-state index in [-0.39, 0.29) is 12.5 Å². The van der Waals surface area contributed by atoms with Crippen LogP contribution in [0.25, 0.3) is 6.08 Å². The highest BCUT2D eigenvalue weighted by molar-refractivity contribution is 9.10. The molecule has 0 spiro atoms. The molecule has 0 N–H and O–H groups in total. The molecule has 0 radical (unpaired) electrons. The van der Waals surface area contributed by atoms with Gasteiger partial charge in [0.25, 0.3) is 5.91 Å². The van der Waals surface area contributed by atoms with Crippen LogP contribution in [-0.2, 0) is 4.79 Å². The predicted molar refractivity (Wildman–Crippen MR) is 124 cm³/mol. The fraction of sp³-hybridized carbons (Fsp3) is 0.143. The third-order valence-electron chi connectivity index (χ3n) is 3.98. The van der Waals surface area contributed by atoms with Gasteiger partial charge < -0.3 is 14.2 Å². The highest BCUT2D eigenvalue weighted by atomic mass is 79.9. The van der Waals surface area contributed by atoms with Gasteiger partial charge in [-0.1, -0.05) is 45.8 Å². The fourth-order valence-corrected chi connectivity index (χ4v) is 4.42. The summed E-state index contributed by atoms with van der Waals surface area (Å²) in [6.45, 7) is 0.0750. The van der Waals surface area contributed by atoms with Crippen molar-refractivity contribution in [2.24, 2.45) is 0 Å². The number of benzene rings is 2. The van der Waals surface area contributed by atoms with Gasteiger partial charge in [-0.15, -0.1) is 6.42 Å². The smallest absolute Gasteiger partial charge is 0.270 e. The monoisotopic (exact) mass is 489 g/mol. The molecule has 1 aliphatic heterocycles. The lowest BCUT2D eigenvalue weighted by atomic mass is 10.1. The standard InChI is InChI=1S/C21H16BrNO4S2/c1-4-9-27-19-13(10-14(22)12-17(19)26-3)11-18-20(24)23(21(28)29-18)15-5-7-16(25-2)8-6-15/h1,5-8,10-12H,9H2,2-3H3/b18-11-. The second-order valence-electron chi connectivity index (χ2n) is 5.73. The second kappa shape index (κ2) is 9.35. The average molecular weight is 490 g/mol. The summed E-state index contributed by atoms with van der Waals surface area (Å²) in [7, 11) is 3.13. The number of amides is 1. The lowest BCUT2D eigenvalue weighted by molar-refractivity contribution is -0.113. The summed E-state index contributed by atoms with van der Waals surface area (Å²) in [5, 5.41) is 0. The van der Waals surface area contributed by atoms with Gasteiger partial charge >= 0.3 is 0 Å². The molecule has 8 heteroatoms. The first-order chi connectivity index (χ1) is 14.0. The molecule has 2 aromatic carbocycles. The summed E-state index contributed by atoms with van der Waals surface area (Å²) in [4.78, 5) is 15.0. The minimum atomic E-state index is -0.216.